The smallest absolute Gasteiger partial charge is 0.275 e. The molecule has 0 bridgehead atoms. The predicted octanol–water partition coefficient (Wildman–Crippen LogP) is 1.40. The van der Waals surface area contributed by atoms with Crippen LogP contribution in [0.4, 0.5) is 8.78 Å². The summed E-state index contributed by atoms with van der Waals surface area (Å²) in [4.78, 5) is 40.1. The number of carbonyl (C=O) groups is 3. The van der Waals surface area contributed by atoms with Crippen LogP contribution in [0.2, 0.25) is 0 Å². The van der Waals surface area contributed by atoms with E-state index in [9.17, 15) is 23.2 Å². The van der Waals surface area contributed by atoms with E-state index in [1.54, 1.807) is 11.0 Å². The Morgan fingerprint density at radius 3 is 2.70 bits per heavy atom. The van der Waals surface area contributed by atoms with E-state index >= 15 is 0 Å². The number of nitrogens with zero attached hydrogens (tertiary/aromatic N) is 2. The summed E-state index contributed by atoms with van der Waals surface area (Å²) in [7, 11) is 0. The number of piperidine rings is 2. The lowest BCUT2D eigenvalue weighted by Crippen LogP contribution is -2.53. The van der Waals surface area contributed by atoms with Gasteiger partial charge in [0.15, 0.2) is 0 Å². The molecule has 7 nitrogen and oxygen atoms in total. The highest BCUT2D eigenvalue weighted by Gasteiger charge is 2.44. The largest absolute Gasteiger partial charge is 0.325 e. The Hall–Kier alpha value is -2.39. The summed E-state index contributed by atoms with van der Waals surface area (Å²) in [6, 6.07) is 3.78. The van der Waals surface area contributed by atoms with E-state index in [0.717, 1.165) is 18.4 Å². The standard InChI is InChI=1S/C21H26F2N4O3/c22-21(23,12-24)16-6-1-2-9-26(16)10-13-4-3-5-14-11-27(20(30)18(13)14)15-7-8-17(28)25-19(15)29/h3-5,15-16H,1-2,6-12,24H2,(H,25,28,29). The molecule has 1 aromatic rings. The first-order chi connectivity index (χ1) is 14.3. The number of rotatable bonds is 5. The van der Waals surface area contributed by atoms with Crippen LogP contribution in [-0.4, -0.2) is 58.6 Å². The van der Waals surface area contributed by atoms with Crippen LogP contribution in [0.25, 0.3) is 0 Å². The second-order valence-electron chi connectivity index (χ2n) is 8.30. The summed E-state index contributed by atoms with van der Waals surface area (Å²) in [5.41, 5.74) is 7.28. The van der Waals surface area contributed by atoms with Crippen LogP contribution < -0.4 is 11.1 Å². The van der Waals surface area contributed by atoms with E-state index < -0.39 is 30.5 Å². The molecule has 30 heavy (non-hydrogen) atoms. The summed E-state index contributed by atoms with van der Waals surface area (Å²) in [6.07, 6.45) is 2.40. The third-order valence-corrected chi connectivity index (χ3v) is 6.39. The molecule has 162 valence electrons. The highest BCUT2D eigenvalue weighted by molar-refractivity contribution is 6.05. The van der Waals surface area contributed by atoms with Gasteiger partial charge in [0.2, 0.25) is 11.8 Å². The molecule has 3 amide bonds. The quantitative estimate of drug-likeness (QED) is 0.702. The minimum Gasteiger partial charge on any atom is -0.325 e. The number of imide groups is 1. The number of halogens is 2. The number of nitrogens with one attached hydrogen (secondary N) is 1. The summed E-state index contributed by atoms with van der Waals surface area (Å²) in [6.45, 7) is 0.327. The highest BCUT2D eigenvalue weighted by atomic mass is 19.3. The molecule has 2 unspecified atom stereocenters. The summed E-state index contributed by atoms with van der Waals surface area (Å²) >= 11 is 0. The first-order valence-electron chi connectivity index (χ1n) is 10.4. The summed E-state index contributed by atoms with van der Waals surface area (Å²) in [5.74, 6) is -4.07. The van der Waals surface area contributed by atoms with Gasteiger partial charge in [-0.2, -0.15) is 0 Å². The zero-order valence-corrected chi connectivity index (χ0v) is 16.7. The lowest BCUT2D eigenvalue weighted by molar-refractivity contribution is -0.136. The fourth-order valence-electron chi connectivity index (χ4n) is 4.84. The van der Waals surface area contributed by atoms with Crippen molar-refractivity contribution >= 4 is 17.7 Å². The molecule has 2 atom stereocenters. The topological polar surface area (TPSA) is 95.7 Å². The van der Waals surface area contributed by atoms with E-state index in [4.69, 9.17) is 5.73 Å². The first kappa shape index (κ1) is 20.9. The van der Waals surface area contributed by atoms with Gasteiger partial charge in [-0.3, -0.25) is 24.6 Å². The number of benzene rings is 1. The molecule has 0 spiro atoms. The molecule has 3 N–H and O–H groups in total. The van der Waals surface area contributed by atoms with Crippen molar-refractivity contribution in [3.8, 4) is 0 Å². The molecule has 0 radical (unpaired) electrons. The average Bonchev–Trinajstić information content (AvgIpc) is 3.06. The van der Waals surface area contributed by atoms with Crippen molar-refractivity contribution in [1.82, 2.24) is 15.1 Å². The predicted molar refractivity (Wildman–Crippen MR) is 105 cm³/mol. The van der Waals surface area contributed by atoms with E-state index in [1.165, 1.54) is 4.90 Å². The van der Waals surface area contributed by atoms with Crippen LogP contribution in [0.5, 0.6) is 0 Å². The Balaban J connectivity index is 1.57. The van der Waals surface area contributed by atoms with E-state index in [2.05, 4.69) is 5.32 Å². The molecule has 0 aromatic heterocycles. The first-order valence-corrected chi connectivity index (χ1v) is 10.4. The fourth-order valence-corrected chi connectivity index (χ4v) is 4.84. The third-order valence-electron chi connectivity index (χ3n) is 6.39. The lowest BCUT2D eigenvalue weighted by atomic mass is 9.94. The number of fused-ring (bicyclic) bond motifs is 1. The van der Waals surface area contributed by atoms with Crippen molar-refractivity contribution < 1.29 is 23.2 Å². The van der Waals surface area contributed by atoms with Gasteiger partial charge in [0.1, 0.15) is 6.04 Å². The van der Waals surface area contributed by atoms with Crippen LogP contribution in [0.1, 0.15) is 53.6 Å². The Morgan fingerprint density at radius 1 is 1.17 bits per heavy atom. The van der Waals surface area contributed by atoms with Crippen molar-refractivity contribution in [2.24, 2.45) is 5.73 Å². The van der Waals surface area contributed by atoms with Gasteiger partial charge < -0.3 is 10.6 Å². The molecule has 4 rings (SSSR count). The van der Waals surface area contributed by atoms with E-state index in [1.807, 2.05) is 12.1 Å². The maximum atomic E-state index is 14.4. The molecule has 3 heterocycles. The number of hydrogen-bond donors (Lipinski definition) is 2. The van der Waals surface area contributed by atoms with E-state index in [0.29, 0.717) is 24.1 Å². The zero-order valence-electron chi connectivity index (χ0n) is 16.7. The molecule has 0 saturated carbocycles. The Bertz CT molecular complexity index is 876. The molecular formula is C21H26F2N4O3. The van der Waals surface area contributed by atoms with Gasteiger partial charge in [-0.15, -0.1) is 0 Å². The summed E-state index contributed by atoms with van der Waals surface area (Å²) in [5, 5.41) is 2.29. The van der Waals surface area contributed by atoms with Gasteiger partial charge >= 0.3 is 0 Å². The van der Waals surface area contributed by atoms with Gasteiger partial charge in [0, 0.05) is 25.1 Å². The Labute approximate surface area is 173 Å². The molecule has 0 aliphatic carbocycles. The third kappa shape index (κ3) is 3.72. The van der Waals surface area contributed by atoms with Crippen molar-refractivity contribution in [3.63, 3.8) is 0 Å². The maximum Gasteiger partial charge on any atom is 0.275 e. The number of nitrogens with two attached hydrogens (primary N) is 1. The molecule has 3 aliphatic heterocycles. The molecule has 2 saturated heterocycles. The number of alkyl halides is 2. The monoisotopic (exact) mass is 420 g/mol. The minimum atomic E-state index is -2.98. The molecule has 1 aromatic carbocycles. The number of amides is 3. The molecule has 2 fully saturated rings. The highest BCUT2D eigenvalue weighted by Crippen LogP contribution is 2.34. The van der Waals surface area contributed by atoms with Crippen LogP contribution in [0.15, 0.2) is 18.2 Å². The van der Waals surface area contributed by atoms with Gasteiger partial charge in [-0.25, -0.2) is 8.78 Å². The van der Waals surface area contributed by atoms with Crippen LogP contribution in [0.3, 0.4) is 0 Å². The normalized spacial score (nSPS) is 25.4. The SMILES string of the molecule is NCC(F)(F)C1CCCCN1Cc1cccc2c1C(=O)N(C1CCC(=O)NC1=O)C2. The molecule has 9 heteroatoms. The van der Waals surface area contributed by atoms with Gasteiger partial charge in [0.25, 0.3) is 11.8 Å². The van der Waals surface area contributed by atoms with Crippen molar-refractivity contribution in [1.29, 1.82) is 0 Å². The number of likely N-dealkylation sites (tertiary alicyclic amines) is 1. The minimum absolute atomic E-state index is 0.188. The fraction of sp³-hybridized carbons (Fsp3) is 0.571. The Morgan fingerprint density at radius 2 is 1.97 bits per heavy atom. The van der Waals surface area contributed by atoms with Crippen LogP contribution in [0, 0.1) is 0 Å². The van der Waals surface area contributed by atoms with Gasteiger partial charge in [-0.1, -0.05) is 24.6 Å². The summed E-state index contributed by atoms with van der Waals surface area (Å²) < 4.78 is 28.8. The molecular weight excluding hydrogens is 394 g/mol. The number of carbonyl (C=O) groups excluding carboxylic acids is 3. The van der Waals surface area contributed by atoms with Crippen LogP contribution in [-0.2, 0) is 22.7 Å². The molecule has 3 aliphatic rings. The van der Waals surface area contributed by atoms with Crippen LogP contribution >= 0.6 is 0 Å². The van der Waals surface area contributed by atoms with Crippen molar-refractivity contribution in [3.05, 3.63) is 34.9 Å². The Kier molecular flexibility index (Phi) is 5.59. The average molecular weight is 420 g/mol. The van der Waals surface area contributed by atoms with Gasteiger partial charge in [-0.05, 0) is 36.9 Å². The van der Waals surface area contributed by atoms with Crippen molar-refractivity contribution in [2.75, 3.05) is 13.1 Å². The lowest BCUT2D eigenvalue weighted by Gasteiger charge is -2.40. The van der Waals surface area contributed by atoms with E-state index in [-0.39, 0.29) is 37.7 Å². The number of hydrogen-bond acceptors (Lipinski definition) is 5. The second-order valence-corrected chi connectivity index (χ2v) is 8.30. The maximum absolute atomic E-state index is 14.4. The van der Waals surface area contributed by atoms with Gasteiger partial charge in [0.05, 0.1) is 12.6 Å². The zero-order chi connectivity index (χ0) is 21.5. The second kappa shape index (κ2) is 8.03. The van der Waals surface area contributed by atoms with Crippen molar-refractivity contribution in [2.45, 2.75) is 63.2 Å².